The third-order valence-electron chi connectivity index (χ3n) is 3.93. The van der Waals surface area contributed by atoms with Gasteiger partial charge in [0.1, 0.15) is 5.75 Å². The normalized spacial score (nSPS) is 23.4. The fourth-order valence-electron chi connectivity index (χ4n) is 2.61. The van der Waals surface area contributed by atoms with E-state index >= 15 is 0 Å². The molecule has 19 heavy (non-hydrogen) atoms. The topological polar surface area (TPSA) is 66.6 Å². The van der Waals surface area contributed by atoms with Gasteiger partial charge in [-0.25, -0.2) is 0 Å². The first-order valence-electron chi connectivity index (χ1n) is 6.87. The molecular weight excluding hydrogens is 240 g/mol. The number of phenols is 1. The van der Waals surface area contributed by atoms with E-state index in [0.29, 0.717) is 24.9 Å². The number of rotatable bonds is 3. The number of amides is 1. The van der Waals surface area contributed by atoms with Crippen LogP contribution in [0.4, 0.5) is 0 Å². The molecule has 2 rings (SSSR count). The summed E-state index contributed by atoms with van der Waals surface area (Å²) in [6, 6.07) is 7.12. The van der Waals surface area contributed by atoms with E-state index in [1.165, 1.54) is 0 Å². The Labute approximate surface area is 114 Å². The van der Waals surface area contributed by atoms with Crippen molar-refractivity contribution in [3.63, 3.8) is 0 Å². The van der Waals surface area contributed by atoms with Gasteiger partial charge in [-0.05, 0) is 49.9 Å². The minimum Gasteiger partial charge on any atom is -0.508 e. The summed E-state index contributed by atoms with van der Waals surface area (Å²) in [5.74, 6) is 0.807. The number of hydrogen-bond donors (Lipinski definition) is 2. The van der Waals surface area contributed by atoms with Crippen LogP contribution in [0, 0.1) is 5.92 Å². The Hall–Kier alpha value is -1.55. The van der Waals surface area contributed by atoms with Crippen molar-refractivity contribution < 1.29 is 9.90 Å². The van der Waals surface area contributed by atoms with E-state index in [-0.39, 0.29) is 11.7 Å². The molecule has 1 aromatic rings. The molecule has 1 amide bonds. The number of nitrogens with two attached hydrogens (primary N) is 1. The quantitative estimate of drug-likeness (QED) is 0.868. The van der Waals surface area contributed by atoms with Crippen LogP contribution in [0.5, 0.6) is 5.75 Å². The van der Waals surface area contributed by atoms with Crippen molar-refractivity contribution in [2.24, 2.45) is 11.7 Å². The maximum Gasteiger partial charge on any atom is 0.227 e. The van der Waals surface area contributed by atoms with Crippen LogP contribution in [0.2, 0.25) is 0 Å². The predicted octanol–water partition coefficient (Wildman–Crippen LogP) is 1.52. The Morgan fingerprint density at radius 1 is 1.37 bits per heavy atom. The summed E-state index contributed by atoms with van der Waals surface area (Å²) >= 11 is 0. The largest absolute Gasteiger partial charge is 0.508 e. The van der Waals surface area contributed by atoms with Crippen molar-refractivity contribution in [3.05, 3.63) is 29.8 Å². The van der Waals surface area contributed by atoms with Crippen LogP contribution in [0.25, 0.3) is 0 Å². The smallest absolute Gasteiger partial charge is 0.227 e. The number of nitrogens with zero attached hydrogens (tertiary/aromatic N) is 1. The summed E-state index contributed by atoms with van der Waals surface area (Å²) in [6.07, 6.45) is 2.53. The van der Waals surface area contributed by atoms with Gasteiger partial charge in [0.25, 0.3) is 0 Å². The van der Waals surface area contributed by atoms with E-state index < -0.39 is 0 Å². The Balaban J connectivity index is 2.00. The third-order valence-corrected chi connectivity index (χ3v) is 3.93. The molecule has 0 radical (unpaired) electrons. The van der Waals surface area contributed by atoms with Gasteiger partial charge in [-0.3, -0.25) is 4.79 Å². The first-order chi connectivity index (χ1) is 9.10. The van der Waals surface area contributed by atoms with Crippen molar-refractivity contribution >= 4 is 5.91 Å². The molecule has 3 N–H and O–H groups in total. The average Bonchev–Trinajstić information content (AvgIpc) is 2.42. The fourth-order valence-corrected chi connectivity index (χ4v) is 2.61. The number of carbonyl (C=O) groups is 1. The zero-order chi connectivity index (χ0) is 13.8. The maximum atomic E-state index is 12.3. The van der Waals surface area contributed by atoms with Crippen LogP contribution in [0.15, 0.2) is 24.3 Å². The minimum absolute atomic E-state index is 0.149. The van der Waals surface area contributed by atoms with Gasteiger partial charge < -0.3 is 15.7 Å². The van der Waals surface area contributed by atoms with Crippen LogP contribution in [-0.4, -0.2) is 35.0 Å². The summed E-state index contributed by atoms with van der Waals surface area (Å²) in [5.41, 5.74) is 6.65. The monoisotopic (exact) mass is 262 g/mol. The van der Waals surface area contributed by atoms with Gasteiger partial charge in [0.05, 0.1) is 6.42 Å². The van der Waals surface area contributed by atoms with Crippen LogP contribution in [0.1, 0.15) is 25.3 Å². The van der Waals surface area contributed by atoms with Crippen molar-refractivity contribution in [3.8, 4) is 5.75 Å². The van der Waals surface area contributed by atoms with Crippen LogP contribution in [-0.2, 0) is 11.2 Å². The summed E-state index contributed by atoms with van der Waals surface area (Å²) in [5, 5.41) is 9.24. The van der Waals surface area contributed by atoms with Crippen molar-refractivity contribution in [2.45, 2.75) is 32.2 Å². The molecule has 4 nitrogen and oxygen atoms in total. The highest BCUT2D eigenvalue weighted by atomic mass is 16.3. The van der Waals surface area contributed by atoms with E-state index in [4.69, 9.17) is 5.73 Å². The molecular formula is C15H22N2O2. The van der Waals surface area contributed by atoms with Crippen molar-refractivity contribution in [2.75, 3.05) is 13.1 Å². The van der Waals surface area contributed by atoms with E-state index in [0.717, 1.165) is 24.9 Å². The second kappa shape index (κ2) is 6.06. The lowest BCUT2D eigenvalue weighted by molar-refractivity contribution is -0.134. The zero-order valence-electron chi connectivity index (χ0n) is 11.4. The highest BCUT2D eigenvalue weighted by Gasteiger charge is 2.27. The highest BCUT2D eigenvalue weighted by molar-refractivity contribution is 5.79. The molecule has 1 aromatic carbocycles. The first kappa shape index (κ1) is 13.9. The van der Waals surface area contributed by atoms with Crippen molar-refractivity contribution in [1.29, 1.82) is 0 Å². The van der Waals surface area contributed by atoms with Gasteiger partial charge in [0.15, 0.2) is 0 Å². The number of phenolic OH excluding ortho intramolecular Hbond substituents is 1. The molecule has 0 aromatic heterocycles. The Kier molecular flexibility index (Phi) is 4.43. The van der Waals surface area contributed by atoms with Crippen molar-refractivity contribution in [1.82, 2.24) is 4.90 Å². The van der Waals surface area contributed by atoms with E-state index in [2.05, 4.69) is 6.92 Å². The lowest BCUT2D eigenvalue weighted by Gasteiger charge is -2.37. The standard InChI is InChI=1S/C15H22N2O2/c1-11-2-3-13(9-16)10-17(11)15(19)8-12-4-6-14(18)7-5-12/h4-7,11,13,18H,2-3,8-10,16H2,1H3. The zero-order valence-corrected chi connectivity index (χ0v) is 11.4. The molecule has 1 fully saturated rings. The number of benzene rings is 1. The molecule has 4 heteroatoms. The molecule has 2 atom stereocenters. The second-order valence-electron chi connectivity index (χ2n) is 5.42. The van der Waals surface area contributed by atoms with Gasteiger partial charge in [0.2, 0.25) is 5.91 Å². The highest BCUT2D eigenvalue weighted by Crippen LogP contribution is 2.22. The third kappa shape index (κ3) is 3.47. The van der Waals surface area contributed by atoms with Gasteiger partial charge in [-0.2, -0.15) is 0 Å². The molecule has 1 saturated heterocycles. The molecule has 0 bridgehead atoms. The number of piperidine rings is 1. The number of aromatic hydroxyl groups is 1. The lowest BCUT2D eigenvalue weighted by Crippen LogP contribution is -2.47. The van der Waals surface area contributed by atoms with E-state index in [1.54, 1.807) is 24.3 Å². The average molecular weight is 262 g/mol. The van der Waals surface area contributed by atoms with Gasteiger partial charge in [-0.1, -0.05) is 12.1 Å². The number of carbonyl (C=O) groups excluding carboxylic acids is 1. The Morgan fingerprint density at radius 2 is 2.05 bits per heavy atom. The Morgan fingerprint density at radius 3 is 2.68 bits per heavy atom. The van der Waals surface area contributed by atoms with Crippen LogP contribution in [0.3, 0.4) is 0 Å². The number of likely N-dealkylation sites (tertiary alicyclic amines) is 1. The molecule has 0 aliphatic carbocycles. The lowest BCUT2D eigenvalue weighted by atomic mass is 9.93. The summed E-state index contributed by atoms with van der Waals surface area (Å²) in [7, 11) is 0. The fraction of sp³-hybridized carbons (Fsp3) is 0.533. The predicted molar refractivity (Wildman–Crippen MR) is 74.8 cm³/mol. The molecule has 1 aliphatic heterocycles. The second-order valence-corrected chi connectivity index (χ2v) is 5.42. The molecule has 0 saturated carbocycles. The SMILES string of the molecule is CC1CCC(CN)CN1C(=O)Cc1ccc(O)cc1. The Bertz CT molecular complexity index is 430. The molecule has 1 aliphatic rings. The van der Waals surface area contributed by atoms with Crippen LogP contribution >= 0.6 is 0 Å². The maximum absolute atomic E-state index is 12.3. The number of hydrogen-bond acceptors (Lipinski definition) is 3. The molecule has 104 valence electrons. The van der Waals surface area contributed by atoms with Gasteiger partial charge >= 0.3 is 0 Å². The van der Waals surface area contributed by atoms with E-state index in [9.17, 15) is 9.90 Å². The summed E-state index contributed by atoms with van der Waals surface area (Å²) < 4.78 is 0. The summed E-state index contributed by atoms with van der Waals surface area (Å²) in [6.45, 7) is 3.52. The molecule has 0 spiro atoms. The minimum atomic E-state index is 0.149. The molecule has 1 heterocycles. The summed E-state index contributed by atoms with van der Waals surface area (Å²) in [4.78, 5) is 14.3. The molecule has 2 unspecified atom stereocenters. The first-order valence-corrected chi connectivity index (χ1v) is 6.87. The van der Waals surface area contributed by atoms with Gasteiger partial charge in [-0.15, -0.1) is 0 Å². The van der Waals surface area contributed by atoms with Gasteiger partial charge in [0, 0.05) is 12.6 Å². The van der Waals surface area contributed by atoms with Crippen LogP contribution < -0.4 is 5.73 Å². The van der Waals surface area contributed by atoms with E-state index in [1.807, 2.05) is 4.90 Å².